The molecule has 5 heteroatoms. The molecule has 21 heavy (non-hydrogen) atoms. The fraction of sp³-hybridized carbons (Fsp3) is 0.875. The van der Waals surface area contributed by atoms with Crippen molar-refractivity contribution < 1.29 is 19.1 Å². The van der Waals surface area contributed by atoms with E-state index in [2.05, 4.69) is 12.2 Å². The Hall–Kier alpha value is -1.26. The van der Waals surface area contributed by atoms with Gasteiger partial charge in [-0.1, -0.05) is 20.8 Å². The number of fused-ring (bicyclic) bond motifs is 1. The highest BCUT2D eigenvalue weighted by molar-refractivity contribution is 5.81. The van der Waals surface area contributed by atoms with Crippen LogP contribution in [0.2, 0.25) is 0 Å². The molecule has 0 aromatic carbocycles. The van der Waals surface area contributed by atoms with Crippen LogP contribution < -0.4 is 5.32 Å². The number of rotatable bonds is 5. The number of carbonyl (C=O) groups is 2. The van der Waals surface area contributed by atoms with E-state index in [1.807, 2.05) is 13.8 Å². The van der Waals surface area contributed by atoms with E-state index in [-0.39, 0.29) is 24.6 Å². The lowest BCUT2D eigenvalue weighted by Gasteiger charge is -2.43. The third kappa shape index (κ3) is 3.33. The normalized spacial score (nSPS) is 32.0. The van der Waals surface area contributed by atoms with Gasteiger partial charge in [0.05, 0.1) is 6.61 Å². The Kier molecular flexibility index (Phi) is 4.79. The smallest absolute Gasteiger partial charge is 0.407 e. The van der Waals surface area contributed by atoms with E-state index in [9.17, 15) is 9.59 Å². The van der Waals surface area contributed by atoms with Gasteiger partial charge in [-0.3, -0.25) is 0 Å². The van der Waals surface area contributed by atoms with E-state index in [1.165, 1.54) is 6.42 Å². The van der Waals surface area contributed by atoms with Crippen molar-refractivity contribution in [2.45, 2.75) is 65.5 Å². The zero-order valence-electron chi connectivity index (χ0n) is 13.5. The molecule has 2 aliphatic carbocycles. The molecule has 0 saturated heterocycles. The lowest BCUT2D eigenvalue weighted by molar-refractivity contribution is -0.157. The molecular weight excluding hydrogens is 270 g/mol. The van der Waals surface area contributed by atoms with Crippen LogP contribution in [0.1, 0.15) is 53.4 Å². The third-order valence-corrected chi connectivity index (χ3v) is 5.11. The molecule has 0 radical (unpaired) electrons. The number of carbonyl (C=O) groups excluding carboxylic acids is 2. The topological polar surface area (TPSA) is 64.6 Å². The first-order valence-electron chi connectivity index (χ1n) is 8.01. The number of hydrogen-bond acceptors (Lipinski definition) is 4. The minimum atomic E-state index is -0.643. The summed E-state index contributed by atoms with van der Waals surface area (Å²) in [5.41, 5.74) is 0.368. The molecule has 0 spiro atoms. The zero-order chi connectivity index (χ0) is 15.6. The van der Waals surface area contributed by atoms with Gasteiger partial charge in [0.15, 0.2) is 0 Å². The zero-order valence-corrected chi connectivity index (χ0v) is 13.5. The molecule has 0 unspecified atom stereocenters. The average Bonchev–Trinajstić information content (AvgIpc) is 2.59. The first-order valence-corrected chi connectivity index (χ1v) is 8.01. The van der Waals surface area contributed by atoms with Crippen LogP contribution in [0.15, 0.2) is 0 Å². The molecule has 0 heterocycles. The number of nitrogens with one attached hydrogen (secondary N) is 1. The van der Waals surface area contributed by atoms with Crippen LogP contribution in [0.4, 0.5) is 4.79 Å². The van der Waals surface area contributed by atoms with Gasteiger partial charge in [0, 0.05) is 5.92 Å². The van der Waals surface area contributed by atoms with Crippen molar-refractivity contribution in [3.8, 4) is 0 Å². The largest absolute Gasteiger partial charge is 0.461 e. The Morgan fingerprint density at radius 1 is 1.29 bits per heavy atom. The van der Waals surface area contributed by atoms with Crippen molar-refractivity contribution in [2.24, 2.45) is 17.3 Å². The Morgan fingerprint density at radius 3 is 2.43 bits per heavy atom. The number of ether oxygens (including phenoxy) is 2. The molecule has 5 nitrogen and oxygen atoms in total. The maximum atomic E-state index is 12.4. The first kappa shape index (κ1) is 16.1. The van der Waals surface area contributed by atoms with E-state index in [1.54, 1.807) is 6.92 Å². The highest BCUT2D eigenvalue weighted by atomic mass is 16.6. The molecule has 0 aliphatic heterocycles. The molecule has 120 valence electrons. The fourth-order valence-electron chi connectivity index (χ4n) is 3.58. The van der Waals surface area contributed by atoms with Crippen molar-refractivity contribution in [2.75, 3.05) is 6.61 Å². The summed E-state index contributed by atoms with van der Waals surface area (Å²) in [5.74, 6) is 0.132. The van der Waals surface area contributed by atoms with Crippen LogP contribution in [0.25, 0.3) is 0 Å². The van der Waals surface area contributed by atoms with Gasteiger partial charge in [-0.25, -0.2) is 9.59 Å². The number of hydrogen-bond donors (Lipinski definition) is 1. The summed E-state index contributed by atoms with van der Waals surface area (Å²) in [7, 11) is 0. The summed E-state index contributed by atoms with van der Waals surface area (Å²) >= 11 is 0. The van der Waals surface area contributed by atoms with Crippen LogP contribution in [-0.2, 0) is 14.3 Å². The van der Waals surface area contributed by atoms with Gasteiger partial charge in [-0.2, -0.15) is 0 Å². The molecule has 1 N–H and O–H groups in total. The van der Waals surface area contributed by atoms with E-state index in [4.69, 9.17) is 9.47 Å². The van der Waals surface area contributed by atoms with Crippen LogP contribution >= 0.6 is 0 Å². The van der Waals surface area contributed by atoms with Gasteiger partial charge >= 0.3 is 12.1 Å². The second kappa shape index (κ2) is 6.24. The highest BCUT2D eigenvalue weighted by Crippen LogP contribution is 2.58. The Bertz CT molecular complexity index is 409. The maximum absolute atomic E-state index is 12.4. The summed E-state index contributed by atoms with van der Waals surface area (Å²) in [5, 5.41) is 2.61. The highest BCUT2D eigenvalue weighted by Gasteiger charge is 2.53. The van der Waals surface area contributed by atoms with Crippen molar-refractivity contribution in [1.82, 2.24) is 5.32 Å². The lowest BCUT2D eigenvalue weighted by atomic mass is 9.63. The lowest BCUT2D eigenvalue weighted by Crippen LogP contribution is -2.48. The first-order chi connectivity index (χ1) is 9.87. The van der Waals surface area contributed by atoms with Crippen LogP contribution in [0, 0.1) is 17.3 Å². The van der Waals surface area contributed by atoms with E-state index >= 15 is 0 Å². The standard InChI is InChI=1S/C16H27NO4/c1-5-20-15(19)17-13(10(2)3)14(18)21-12-7-9-16(4)8-6-11(12)16/h10-13H,5-9H2,1-4H3,(H,17,19)/t11-,12-,13-,16+/m0/s1. The molecule has 2 fully saturated rings. The van der Waals surface area contributed by atoms with E-state index in [0.29, 0.717) is 11.3 Å². The fourth-order valence-corrected chi connectivity index (χ4v) is 3.58. The van der Waals surface area contributed by atoms with E-state index in [0.717, 1.165) is 19.3 Å². The van der Waals surface area contributed by atoms with E-state index < -0.39 is 12.1 Å². The molecule has 0 aromatic heterocycles. The molecule has 0 bridgehead atoms. The summed E-state index contributed by atoms with van der Waals surface area (Å²) in [4.78, 5) is 23.9. The molecular formula is C16H27NO4. The van der Waals surface area contributed by atoms with Crippen LogP contribution in [0.5, 0.6) is 0 Å². The van der Waals surface area contributed by atoms with Crippen LogP contribution in [-0.4, -0.2) is 30.8 Å². The Morgan fingerprint density at radius 2 is 1.95 bits per heavy atom. The predicted molar refractivity (Wildman–Crippen MR) is 78.7 cm³/mol. The van der Waals surface area contributed by atoms with Crippen molar-refractivity contribution in [3.63, 3.8) is 0 Å². The quantitative estimate of drug-likeness (QED) is 0.792. The SMILES string of the molecule is CCOC(=O)N[C@H](C(=O)O[C@H]1CC[C@@]2(C)CC[C@@H]12)C(C)C. The van der Waals surface area contributed by atoms with Gasteiger partial charge < -0.3 is 14.8 Å². The van der Waals surface area contributed by atoms with Gasteiger partial charge in [0.1, 0.15) is 12.1 Å². The molecule has 4 atom stereocenters. The van der Waals surface area contributed by atoms with Crippen molar-refractivity contribution in [1.29, 1.82) is 0 Å². The second-order valence-electron chi connectivity index (χ2n) is 6.90. The average molecular weight is 297 g/mol. The van der Waals surface area contributed by atoms with Gasteiger partial charge in [0.2, 0.25) is 0 Å². The van der Waals surface area contributed by atoms with Gasteiger partial charge in [-0.05, 0) is 43.9 Å². The molecule has 2 aliphatic rings. The molecule has 2 saturated carbocycles. The molecule has 0 aromatic rings. The number of esters is 1. The minimum Gasteiger partial charge on any atom is -0.461 e. The monoisotopic (exact) mass is 297 g/mol. The summed E-state index contributed by atoms with van der Waals surface area (Å²) in [6, 6.07) is -0.643. The Labute approximate surface area is 126 Å². The number of alkyl carbamates (subject to hydrolysis) is 1. The summed E-state index contributed by atoms with van der Waals surface area (Å²) in [6.45, 7) is 8.08. The van der Waals surface area contributed by atoms with Crippen molar-refractivity contribution >= 4 is 12.1 Å². The Balaban J connectivity index is 1.91. The van der Waals surface area contributed by atoms with Gasteiger partial charge in [0.25, 0.3) is 0 Å². The third-order valence-electron chi connectivity index (χ3n) is 5.11. The summed E-state index contributed by atoms with van der Waals surface area (Å²) < 4.78 is 10.6. The molecule has 1 amide bonds. The van der Waals surface area contributed by atoms with Crippen LogP contribution in [0.3, 0.4) is 0 Å². The van der Waals surface area contributed by atoms with Gasteiger partial charge in [-0.15, -0.1) is 0 Å². The van der Waals surface area contributed by atoms with Crippen molar-refractivity contribution in [3.05, 3.63) is 0 Å². The molecule has 2 rings (SSSR count). The predicted octanol–water partition coefficient (Wildman–Crippen LogP) is 2.88. The second-order valence-corrected chi connectivity index (χ2v) is 6.90. The minimum absolute atomic E-state index is 0.0153. The summed E-state index contributed by atoms with van der Waals surface area (Å²) in [6.07, 6.45) is 3.91. The maximum Gasteiger partial charge on any atom is 0.407 e. The number of amides is 1.